The van der Waals surface area contributed by atoms with Crippen LogP contribution in [-0.4, -0.2) is 46.0 Å². The minimum atomic E-state index is -2.65. The Bertz CT molecular complexity index is 460. The Kier molecular flexibility index (Phi) is 6.13. The second-order valence-corrected chi connectivity index (χ2v) is 8.38. The normalized spacial score (nSPS) is 11.4. The highest BCUT2D eigenvalue weighted by Gasteiger charge is 2.19. The average Bonchev–Trinajstić information content (AvgIpc) is 2.39. The first-order valence-corrected chi connectivity index (χ1v) is 9.17. The largest absolute Gasteiger partial charge is 0.444 e. The number of aliphatic hydroxyl groups is 2. The smallest absolute Gasteiger partial charge is 0.228 e. The van der Waals surface area contributed by atoms with Crippen LogP contribution in [0.5, 0.6) is 5.88 Å². The van der Waals surface area contributed by atoms with Crippen molar-refractivity contribution in [2.75, 3.05) is 30.7 Å². The highest BCUT2D eigenvalue weighted by Crippen LogP contribution is 2.44. The molecular weight excluding hydrogens is 285 g/mol. The van der Waals surface area contributed by atoms with E-state index in [4.69, 9.17) is 16.3 Å². The molecule has 1 heterocycles. The van der Waals surface area contributed by atoms with Crippen LogP contribution >= 0.6 is 6.26 Å². The Balaban J connectivity index is 3.06. The predicted molar refractivity (Wildman–Crippen MR) is 79.4 cm³/mol. The summed E-state index contributed by atoms with van der Waals surface area (Å²) in [6, 6.07) is 1.65. The maximum Gasteiger partial charge on any atom is 0.228 e. The maximum absolute atomic E-state index is 9.19. The van der Waals surface area contributed by atoms with E-state index in [9.17, 15) is 10.2 Å². The van der Waals surface area contributed by atoms with Gasteiger partial charge >= 0.3 is 0 Å². The number of aromatic nitrogens is 2. The van der Waals surface area contributed by atoms with Crippen LogP contribution in [0.4, 0.5) is 5.95 Å². The third-order valence-corrected chi connectivity index (χ3v) is 4.85. The number of hydrogen-bond acceptors (Lipinski definition) is 7. The van der Waals surface area contributed by atoms with Crippen molar-refractivity contribution in [3.05, 3.63) is 11.8 Å². The molecule has 0 fully saturated rings. The molecule has 0 spiro atoms. The van der Waals surface area contributed by atoms with E-state index in [1.807, 2.05) is 25.7 Å². The van der Waals surface area contributed by atoms with Crippen LogP contribution in [0.15, 0.2) is 6.07 Å². The lowest BCUT2D eigenvalue weighted by molar-refractivity contribution is 0.322. The Hall–Kier alpha value is -0.750. The lowest BCUT2D eigenvalue weighted by atomic mass is 10.4. The van der Waals surface area contributed by atoms with Crippen molar-refractivity contribution < 1.29 is 14.7 Å². The van der Waals surface area contributed by atoms with E-state index in [1.54, 1.807) is 6.07 Å². The van der Waals surface area contributed by atoms with Gasteiger partial charge in [-0.15, -0.1) is 0 Å². The third-order valence-electron chi connectivity index (χ3n) is 2.56. The molecule has 8 heteroatoms. The second-order valence-electron chi connectivity index (χ2n) is 4.01. The van der Waals surface area contributed by atoms with E-state index in [0.717, 1.165) is 18.8 Å². The summed E-state index contributed by atoms with van der Waals surface area (Å²) in [5.74, 6) is 0.873. The Morgan fingerprint density at radius 1 is 1.26 bits per heavy atom. The predicted octanol–water partition coefficient (Wildman–Crippen LogP) is 1.30. The number of aliphatic hydroxyl groups excluding tert-OH is 2. The summed E-state index contributed by atoms with van der Waals surface area (Å²) in [7, 11) is 0. The van der Waals surface area contributed by atoms with Crippen LogP contribution in [0.1, 0.15) is 19.5 Å². The molecule has 0 radical (unpaired) electrons. The molecule has 19 heavy (non-hydrogen) atoms. The average molecular weight is 305 g/mol. The molecule has 0 aliphatic rings. The second kappa shape index (κ2) is 7.14. The number of nitrogens with zero attached hydrogens (tertiary/aromatic N) is 3. The molecule has 0 saturated carbocycles. The van der Waals surface area contributed by atoms with Gasteiger partial charge in [0.25, 0.3) is 0 Å². The molecule has 108 valence electrons. The van der Waals surface area contributed by atoms with Gasteiger partial charge in [-0.25, -0.2) is 4.98 Å². The monoisotopic (exact) mass is 305 g/mol. The Morgan fingerprint density at radius 2 is 1.84 bits per heavy atom. The molecule has 0 atom stereocenters. The fourth-order valence-corrected chi connectivity index (χ4v) is 2.36. The quantitative estimate of drug-likeness (QED) is 0.735. The molecule has 1 aromatic heterocycles. The van der Waals surface area contributed by atoms with E-state index in [2.05, 4.69) is 9.97 Å². The Morgan fingerprint density at radius 3 is 2.32 bits per heavy atom. The van der Waals surface area contributed by atoms with Crippen molar-refractivity contribution in [1.82, 2.24) is 9.97 Å². The summed E-state index contributed by atoms with van der Waals surface area (Å²) >= 11 is 5.11. The van der Waals surface area contributed by atoms with Crippen molar-refractivity contribution in [1.29, 1.82) is 0 Å². The number of anilines is 1. The van der Waals surface area contributed by atoms with Crippen molar-refractivity contribution in [2.45, 2.75) is 20.8 Å². The van der Waals surface area contributed by atoms with Crippen LogP contribution < -0.4 is 9.42 Å². The van der Waals surface area contributed by atoms with E-state index in [1.165, 1.54) is 0 Å². The van der Waals surface area contributed by atoms with Gasteiger partial charge in [0, 0.05) is 24.8 Å². The molecule has 1 aromatic rings. The van der Waals surface area contributed by atoms with Crippen LogP contribution in [0.3, 0.4) is 0 Å². The molecule has 0 unspecified atom stereocenters. The van der Waals surface area contributed by atoms with Gasteiger partial charge in [0.1, 0.15) is 12.7 Å². The minimum Gasteiger partial charge on any atom is -0.444 e. The molecule has 2 N–H and O–H groups in total. The van der Waals surface area contributed by atoms with Gasteiger partial charge in [0.2, 0.25) is 11.8 Å². The first-order valence-electron chi connectivity index (χ1n) is 6.08. The summed E-state index contributed by atoms with van der Waals surface area (Å²) in [4.78, 5) is 10.6. The first kappa shape index (κ1) is 16.3. The zero-order valence-electron chi connectivity index (χ0n) is 11.4. The van der Waals surface area contributed by atoms with Gasteiger partial charge in [-0.2, -0.15) is 4.98 Å². The number of rotatable bonds is 7. The van der Waals surface area contributed by atoms with Gasteiger partial charge in [0.15, 0.2) is 6.26 Å². The fourth-order valence-electron chi connectivity index (χ4n) is 1.49. The highest BCUT2D eigenvalue weighted by molar-refractivity contribution is 8.12. The van der Waals surface area contributed by atoms with Crippen molar-refractivity contribution in [2.24, 2.45) is 0 Å². The van der Waals surface area contributed by atoms with Crippen LogP contribution in [0, 0.1) is 6.92 Å². The summed E-state index contributed by atoms with van der Waals surface area (Å²) in [5, 5.41) is 18.4. The molecule has 0 aromatic carbocycles. The molecule has 6 nitrogen and oxygen atoms in total. The molecule has 1 rings (SSSR count). The zero-order chi connectivity index (χ0) is 14.5. The SMILES string of the molecule is CCN(CC)c1nc(C)cc(OP(=S)(CO)CO)n1. The van der Waals surface area contributed by atoms with Crippen molar-refractivity contribution in [3.63, 3.8) is 0 Å². The summed E-state index contributed by atoms with van der Waals surface area (Å²) in [6.07, 6.45) is -3.37. The standard InChI is InChI=1S/C11H20N3O3PS/c1-4-14(5-2)11-12-9(3)6-10(13-11)17-18(19,7-15)8-16/h6,15-16H,4-5,7-8H2,1-3H3. The van der Waals surface area contributed by atoms with E-state index >= 15 is 0 Å². The van der Waals surface area contributed by atoms with Gasteiger partial charge in [-0.05, 0) is 32.6 Å². The Labute approximate surface area is 118 Å². The van der Waals surface area contributed by atoms with Gasteiger partial charge < -0.3 is 19.6 Å². The highest BCUT2D eigenvalue weighted by atomic mass is 32.4. The number of aryl methyl sites for hydroxylation is 1. The topological polar surface area (TPSA) is 78.7 Å². The summed E-state index contributed by atoms with van der Waals surface area (Å²) < 4.78 is 5.51. The molecular formula is C11H20N3O3PS. The van der Waals surface area contributed by atoms with E-state index < -0.39 is 6.26 Å². The lowest BCUT2D eigenvalue weighted by Crippen LogP contribution is -2.24. The van der Waals surface area contributed by atoms with E-state index in [-0.39, 0.29) is 12.7 Å². The first-order chi connectivity index (χ1) is 8.97. The van der Waals surface area contributed by atoms with E-state index in [0.29, 0.717) is 11.8 Å². The fraction of sp³-hybridized carbons (Fsp3) is 0.636. The zero-order valence-corrected chi connectivity index (χ0v) is 13.1. The lowest BCUT2D eigenvalue weighted by Gasteiger charge is -2.21. The molecule has 0 aliphatic carbocycles. The van der Waals surface area contributed by atoms with Crippen molar-refractivity contribution in [3.8, 4) is 5.88 Å². The molecule has 0 saturated heterocycles. The number of hydrogen-bond donors (Lipinski definition) is 2. The molecule has 0 aliphatic heterocycles. The van der Waals surface area contributed by atoms with Crippen LogP contribution in [-0.2, 0) is 11.8 Å². The maximum atomic E-state index is 9.19. The van der Waals surface area contributed by atoms with Crippen LogP contribution in [0.25, 0.3) is 0 Å². The molecule has 0 bridgehead atoms. The third kappa shape index (κ3) is 4.38. The van der Waals surface area contributed by atoms with Crippen molar-refractivity contribution >= 4 is 24.0 Å². The minimum absolute atomic E-state index is 0.306. The van der Waals surface area contributed by atoms with Gasteiger partial charge in [-0.1, -0.05) is 0 Å². The summed E-state index contributed by atoms with van der Waals surface area (Å²) in [6.45, 7) is 7.44. The van der Waals surface area contributed by atoms with Crippen LogP contribution in [0.2, 0.25) is 0 Å². The van der Waals surface area contributed by atoms with Gasteiger partial charge in [-0.3, -0.25) is 0 Å². The molecule has 0 amide bonds. The summed E-state index contributed by atoms with van der Waals surface area (Å²) in [5.41, 5.74) is 0.754. The van der Waals surface area contributed by atoms with Gasteiger partial charge in [0.05, 0.1) is 0 Å².